The molecule has 2 rings (SSSR count). The van der Waals surface area contributed by atoms with Crippen LogP contribution in [0.15, 0.2) is 48.5 Å². The predicted molar refractivity (Wildman–Crippen MR) is 84.7 cm³/mol. The van der Waals surface area contributed by atoms with Crippen molar-refractivity contribution in [2.75, 3.05) is 13.7 Å². The van der Waals surface area contributed by atoms with Crippen LogP contribution in [-0.4, -0.2) is 25.6 Å². The van der Waals surface area contributed by atoms with Gasteiger partial charge in [-0.3, -0.25) is 10.1 Å². The van der Waals surface area contributed by atoms with Gasteiger partial charge >= 0.3 is 6.03 Å². The molecule has 2 aromatic carbocycles. The molecule has 6 nitrogen and oxygen atoms in total. The number of amides is 3. The molecule has 0 aliphatic carbocycles. The van der Waals surface area contributed by atoms with Gasteiger partial charge in [-0.05, 0) is 35.4 Å². The van der Waals surface area contributed by atoms with Crippen molar-refractivity contribution in [1.29, 1.82) is 5.26 Å². The van der Waals surface area contributed by atoms with Crippen LogP contribution in [0.3, 0.4) is 0 Å². The van der Waals surface area contributed by atoms with Crippen molar-refractivity contribution >= 4 is 11.9 Å². The first kappa shape index (κ1) is 16.0. The summed E-state index contributed by atoms with van der Waals surface area (Å²) in [5, 5.41) is 13.2. The molecule has 3 amide bonds. The number of carbonyl (C=O) groups excluding carboxylic acids is 2. The van der Waals surface area contributed by atoms with Crippen molar-refractivity contribution in [3.8, 4) is 22.9 Å². The Morgan fingerprint density at radius 2 is 1.61 bits per heavy atom. The van der Waals surface area contributed by atoms with Crippen molar-refractivity contribution in [3.05, 3.63) is 54.1 Å². The number of hydrogen-bond donors (Lipinski definition) is 2. The Morgan fingerprint density at radius 1 is 1.04 bits per heavy atom. The van der Waals surface area contributed by atoms with Crippen molar-refractivity contribution in [1.82, 2.24) is 10.6 Å². The van der Waals surface area contributed by atoms with Crippen LogP contribution in [0.25, 0.3) is 11.1 Å². The molecule has 6 heteroatoms. The predicted octanol–water partition coefficient (Wildman–Crippen LogP) is 2.06. The molecule has 0 heterocycles. The van der Waals surface area contributed by atoms with Gasteiger partial charge in [-0.1, -0.05) is 24.3 Å². The van der Waals surface area contributed by atoms with Crippen molar-refractivity contribution in [2.24, 2.45) is 0 Å². The molecule has 0 spiro atoms. The molecular formula is C17H15N3O3. The fourth-order valence-electron chi connectivity index (χ4n) is 1.85. The lowest BCUT2D eigenvalue weighted by atomic mass is 10.0. The molecule has 0 aliphatic heterocycles. The highest BCUT2D eigenvalue weighted by Crippen LogP contribution is 2.22. The number of hydrogen-bond acceptors (Lipinski definition) is 4. The summed E-state index contributed by atoms with van der Waals surface area (Å²) in [6.07, 6.45) is 0. The maximum atomic E-state index is 11.4. The molecule has 2 aromatic rings. The lowest BCUT2D eigenvalue weighted by Crippen LogP contribution is -2.39. The Bertz CT molecular complexity index is 731. The monoisotopic (exact) mass is 309 g/mol. The number of rotatable bonds is 4. The van der Waals surface area contributed by atoms with E-state index >= 15 is 0 Å². The lowest BCUT2D eigenvalue weighted by molar-refractivity contribution is -0.122. The second-order valence-electron chi connectivity index (χ2n) is 4.63. The summed E-state index contributed by atoms with van der Waals surface area (Å²) >= 11 is 0. The number of imide groups is 1. The van der Waals surface area contributed by atoms with Gasteiger partial charge in [0.25, 0.3) is 5.91 Å². The molecule has 2 N–H and O–H groups in total. The highest BCUT2D eigenvalue weighted by molar-refractivity contribution is 5.94. The minimum atomic E-state index is -0.574. The molecule has 0 saturated carbocycles. The molecule has 0 aliphatic rings. The zero-order valence-electron chi connectivity index (χ0n) is 12.5. The molecular weight excluding hydrogens is 294 g/mol. The second kappa shape index (κ2) is 7.61. The number of benzene rings is 2. The van der Waals surface area contributed by atoms with E-state index in [1.807, 2.05) is 24.3 Å². The minimum absolute atomic E-state index is 0.246. The third kappa shape index (κ3) is 4.58. The highest BCUT2D eigenvalue weighted by Gasteiger charge is 2.06. The number of nitriles is 1. The molecule has 0 bridgehead atoms. The van der Waals surface area contributed by atoms with E-state index in [9.17, 15) is 9.59 Å². The topological polar surface area (TPSA) is 91.2 Å². The number of ether oxygens (including phenoxy) is 1. The molecule has 116 valence electrons. The third-order valence-electron chi connectivity index (χ3n) is 3.05. The number of carbonyl (C=O) groups is 2. The van der Waals surface area contributed by atoms with Gasteiger partial charge in [-0.25, -0.2) is 4.79 Å². The average molecular weight is 309 g/mol. The van der Waals surface area contributed by atoms with Gasteiger partial charge < -0.3 is 10.1 Å². The van der Waals surface area contributed by atoms with Gasteiger partial charge in [0.15, 0.2) is 6.61 Å². The normalized spacial score (nSPS) is 9.57. The van der Waals surface area contributed by atoms with Crippen molar-refractivity contribution in [3.63, 3.8) is 0 Å². The molecule has 0 saturated heterocycles. The van der Waals surface area contributed by atoms with E-state index in [2.05, 4.69) is 16.7 Å². The molecule has 0 radical (unpaired) electrons. The number of nitrogens with zero attached hydrogens (tertiary/aromatic N) is 1. The summed E-state index contributed by atoms with van der Waals surface area (Å²) in [5.41, 5.74) is 2.56. The fraction of sp³-hybridized carbons (Fsp3) is 0.118. The first-order valence-corrected chi connectivity index (χ1v) is 6.87. The molecule has 0 atom stereocenters. The standard InChI is InChI=1S/C17H15N3O3/c1-19-17(22)20-16(21)11-23-15-8-6-14(7-9-15)13-4-2-12(10-18)3-5-13/h2-9H,11H2,1H3,(H2,19,20,21,22). The van der Waals surface area contributed by atoms with E-state index in [4.69, 9.17) is 10.00 Å². The van der Waals surface area contributed by atoms with E-state index in [0.29, 0.717) is 11.3 Å². The Morgan fingerprint density at radius 3 is 2.13 bits per heavy atom. The summed E-state index contributed by atoms with van der Waals surface area (Å²) in [5.74, 6) is -0.00466. The van der Waals surface area contributed by atoms with Crippen LogP contribution in [0, 0.1) is 11.3 Å². The smallest absolute Gasteiger partial charge is 0.321 e. The van der Waals surface area contributed by atoms with E-state index in [1.54, 1.807) is 24.3 Å². The van der Waals surface area contributed by atoms with Crippen molar-refractivity contribution in [2.45, 2.75) is 0 Å². The first-order chi connectivity index (χ1) is 11.1. The fourth-order valence-corrected chi connectivity index (χ4v) is 1.85. The largest absolute Gasteiger partial charge is 0.484 e. The number of nitrogens with one attached hydrogen (secondary N) is 2. The summed E-state index contributed by atoms with van der Waals surface area (Å²) in [6.45, 7) is -0.246. The van der Waals surface area contributed by atoms with Gasteiger partial charge in [-0.2, -0.15) is 5.26 Å². The third-order valence-corrected chi connectivity index (χ3v) is 3.05. The quantitative estimate of drug-likeness (QED) is 0.904. The zero-order chi connectivity index (χ0) is 16.7. The van der Waals surface area contributed by atoms with E-state index in [1.165, 1.54) is 7.05 Å². The molecule has 23 heavy (non-hydrogen) atoms. The van der Waals surface area contributed by atoms with Crippen LogP contribution in [0.2, 0.25) is 0 Å². The van der Waals surface area contributed by atoms with Crippen LogP contribution in [0.5, 0.6) is 5.75 Å². The maximum absolute atomic E-state index is 11.4. The van der Waals surface area contributed by atoms with Gasteiger partial charge in [0, 0.05) is 7.05 Å². The van der Waals surface area contributed by atoms with E-state index in [0.717, 1.165) is 11.1 Å². The van der Waals surface area contributed by atoms with E-state index < -0.39 is 11.9 Å². The lowest BCUT2D eigenvalue weighted by Gasteiger charge is -2.07. The van der Waals surface area contributed by atoms with Gasteiger partial charge in [0.1, 0.15) is 5.75 Å². The molecule has 0 unspecified atom stereocenters. The summed E-state index contributed by atoms with van der Waals surface area (Å²) in [4.78, 5) is 22.4. The van der Waals surface area contributed by atoms with Gasteiger partial charge in [-0.15, -0.1) is 0 Å². The van der Waals surface area contributed by atoms with Crippen LogP contribution in [0.4, 0.5) is 4.79 Å². The summed E-state index contributed by atoms with van der Waals surface area (Å²) in [6, 6.07) is 15.9. The Labute approximate surface area is 133 Å². The van der Waals surface area contributed by atoms with E-state index in [-0.39, 0.29) is 6.61 Å². The Hall–Kier alpha value is -3.33. The van der Waals surface area contributed by atoms with Crippen LogP contribution in [-0.2, 0) is 4.79 Å². The zero-order valence-corrected chi connectivity index (χ0v) is 12.5. The maximum Gasteiger partial charge on any atom is 0.321 e. The Kier molecular flexibility index (Phi) is 5.31. The number of urea groups is 1. The Balaban J connectivity index is 1.95. The van der Waals surface area contributed by atoms with Crippen molar-refractivity contribution < 1.29 is 14.3 Å². The molecule has 0 fully saturated rings. The molecule has 0 aromatic heterocycles. The SMILES string of the molecule is CNC(=O)NC(=O)COc1ccc(-c2ccc(C#N)cc2)cc1. The second-order valence-corrected chi connectivity index (χ2v) is 4.63. The first-order valence-electron chi connectivity index (χ1n) is 6.87. The average Bonchev–Trinajstić information content (AvgIpc) is 2.60. The van der Waals surface area contributed by atoms with Gasteiger partial charge in [0.2, 0.25) is 0 Å². The van der Waals surface area contributed by atoms with Crippen LogP contribution in [0.1, 0.15) is 5.56 Å². The summed E-state index contributed by atoms with van der Waals surface area (Å²) < 4.78 is 5.31. The van der Waals surface area contributed by atoms with Gasteiger partial charge in [0.05, 0.1) is 11.6 Å². The van der Waals surface area contributed by atoms with Crippen LogP contribution < -0.4 is 15.4 Å². The minimum Gasteiger partial charge on any atom is -0.484 e. The van der Waals surface area contributed by atoms with Crippen LogP contribution >= 0.6 is 0 Å². The highest BCUT2D eigenvalue weighted by atomic mass is 16.5. The summed E-state index contributed by atoms with van der Waals surface area (Å²) in [7, 11) is 1.42.